The van der Waals surface area contributed by atoms with E-state index in [1.165, 1.54) is 0 Å². The van der Waals surface area contributed by atoms with Gasteiger partial charge in [0.1, 0.15) is 0 Å². The first-order chi connectivity index (χ1) is 12.3. The number of hydrogen-bond acceptors (Lipinski definition) is 3. The lowest BCUT2D eigenvalue weighted by Crippen LogP contribution is -2.01. The molecule has 0 saturated heterocycles. The molecule has 0 aliphatic rings. The molecule has 0 radical (unpaired) electrons. The molecule has 4 aromatic rings. The van der Waals surface area contributed by atoms with Crippen LogP contribution in [0, 0.1) is 0 Å². The van der Waals surface area contributed by atoms with Gasteiger partial charge in [-0.15, -0.1) is 6.58 Å². The highest BCUT2D eigenvalue weighted by Crippen LogP contribution is 2.22. The molecule has 0 saturated carbocycles. The van der Waals surface area contributed by atoms with Gasteiger partial charge in [0.15, 0.2) is 5.82 Å². The second-order valence-corrected chi connectivity index (χ2v) is 5.76. The van der Waals surface area contributed by atoms with Gasteiger partial charge in [0.05, 0.1) is 28.3 Å². The van der Waals surface area contributed by atoms with Crippen LogP contribution in [0.25, 0.3) is 22.1 Å². The molecule has 0 unspecified atom stereocenters. The number of fused-ring (bicyclic) bond motifs is 2. The number of imidazole rings is 2. The Balaban J connectivity index is 1.81. The number of hydrogen-bond donors (Lipinski definition) is 0. The van der Waals surface area contributed by atoms with E-state index < -0.39 is 0 Å². The van der Waals surface area contributed by atoms with Crippen LogP contribution in [-0.2, 0) is 13.1 Å². The highest BCUT2D eigenvalue weighted by molar-refractivity contribution is 5.86. The average Bonchev–Trinajstić information content (AvgIpc) is 3.18. The number of rotatable bonds is 5. The molecule has 124 valence electrons. The van der Waals surface area contributed by atoms with E-state index in [4.69, 9.17) is 0 Å². The van der Waals surface area contributed by atoms with E-state index in [2.05, 4.69) is 43.7 Å². The molecule has 0 amide bonds. The van der Waals surface area contributed by atoms with Crippen molar-refractivity contribution in [2.24, 2.45) is 4.99 Å². The normalized spacial score (nSPS) is 11.7. The second kappa shape index (κ2) is 6.36. The molecule has 2 aromatic heterocycles. The van der Waals surface area contributed by atoms with Crippen molar-refractivity contribution in [3.63, 3.8) is 0 Å². The fourth-order valence-corrected chi connectivity index (χ4v) is 3.11. The second-order valence-electron chi connectivity index (χ2n) is 5.76. The van der Waals surface area contributed by atoms with Crippen molar-refractivity contribution in [1.82, 2.24) is 19.1 Å². The summed E-state index contributed by atoms with van der Waals surface area (Å²) in [6.07, 6.45) is 3.65. The maximum absolute atomic E-state index is 4.68. The lowest BCUT2D eigenvalue weighted by molar-refractivity contribution is 0.779. The van der Waals surface area contributed by atoms with Crippen molar-refractivity contribution in [3.8, 4) is 0 Å². The fourth-order valence-electron chi connectivity index (χ4n) is 3.11. The van der Waals surface area contributed by atoms with E-state index in [-0.39, 0.29) is 0 Å². The number of aryl methyl sites for hydroxylation is 1. The van der Waals surface area contributed by atoms with Crippen LogP contribution in [0.5, 0.6) is 0 Å². The Labute approximate surface area is 146 Å². The summed E-state index contributed by atoms with van der Waals surface area (Å²) in [7, 11) is 0. The molecule has 5 nitrogen and oxygen atoms in total. The van der Waals surface area contributed by atoms with Crippen LogP contribution in [-0.4, -0.2) is 25.3 Å². The minimum absolute atomic E-state index is 0.663. The van der Waals surface area contributed by atoms with Gasteiger partial charge in [-0.25, -0.2) is 15.0 Å². The molecule has 0 atom stereocenters. The fraction of sp³-hybridized carbons (Fsp3) is 0.150. The average molecular weight is 329 g/mol. The first-order valence-electron chi connectivity index (χ1n) is 8.37. The molecule has 4 rings (SSSR count). The van der Waals surface area contributed by atoms with E-state index in [0.29, 0.717) is 12.5 Å². The molecule has 0 aliphatic heterocycles. The number of aliphatic imine (C=N–C) groups is 1. The van der Waals surface area contributed by atoms with Crippen molar-refractivity contribution in [3.05, 3.63) is 67.0 Å². The van der Waals surface area contributed by atoms with Crippen LogP contribution < -0.4 is 0 Å². The molecule has 5 heteroatoms. The maximum atomic E-state index is 4.68. The Morgan fingerprint density at radius 1 is 0.960 bits per heavy atom. The minimum atomic E-state index is 0.663. The van der Waals surface area contributed by atoms with Gasteiger partial charge >= 0.3 is 0 Å². The van der Waals surface area contributed by atoms with Crippen molar-refractivity contribution < 1.29 is 0 Å². The lowest BCUT2D eigenvalue weighted by atomic mass is 10.3. The monoisotopic (exact) mass is 329 g/mol. The van der Waals surface area contributed by atoms with E-state index in [9.17, 15) is 0 Å². The molecule has 25 heavy (non-hydrogen) atoms. The van der Waals surface area contributed by atoms with Gasteiger partial charge in [0.25, 0.3) is 0 Å². The zero-order valence-electron chi connectivity index (χ0n) is 14.1. The van der Waals surface area contributed by atoms with Crippen LogP contribution in [0.4, 0.5) is 5.95 Å². The van der Waals surface area contributed by atoms with Crippen molar-refractivity contribution in [2.75, 3.05) is 0 Å². The van der Waals surface area contributed by atoms with Crippen molar-refractivity contribution >= 4 is 34.2 Å². The highest BCUT2D eigenvalue weighted by Gasteiger charge is 2.10. The summed E-state index contributed by atoms with van der Waals surface area (Å²) < 4.78 is 4.21. The van der Waals surface area contributed by atoms with E-state index >= 15 is 0 Å². The third-order valence-electron chi connectivity index (χ3n) is 4.24. The first-order valence-corrected chi connectivity index (χ1v) is 8.37. The molecule has 0 spiro atoms. The number of para-hydroxylation sites is 4. The zero-order valence-corrected chi connectivity index (χ0v) is 14.1. The number of benzene rings is 2. The summed E-state index contributed by atoms with van der Waals surface area (Å²) in [4.78, 5) is 14.0. The topological polar surface area (TPSA) is 48.0 Å². The van der Waals surface area contributed by atoms with Gasteiger partial charge < -0.3 is 9.13 Å². The van der Waals surface area contributed by atoms with E-state index in [0.717, 1.165) is 34.4 Å². The molecule has 0 N–H and O–H groups in total. The van der Waals surface area contributed by atoms with Crippen LogP contribution in [0.15, 0.2) is 66.2 Å². The zero-order chi connectivity index (χ0) is 17.2. The molecule has 0 bridgehead atoms. The Kier molecular flexibility index (Phi) is 3.90. The third-order valence-corrected chi connectivity index (χ3v) is 4.24. The predicted octanol–water partition coefficient (Wildman–Crippen LogP) is 4.34. The van der Waals surface area contributed by atoms with Gasteiger partial charge in [-0.05, 0) is 31.2 Å². The lowest BCUT2D eigenvalue weighted by Gasteiger charge is -2.03. The van der Waals surface area contributed by atoms with Crippen molar-refractivity contribution in [2.45, 2.75) is 20.0 Å². The van der Waals surface area contributed by atoms with Crippen LogP contribution in [0.2, 0.25) is 0 Å². The van der Waals surface area contributed by atoms with Gasteiger partial charge in [0.2, 0.25) is 5.95 Å². The largest absolute Gasteiger partial charge is 0.323 e. The Bertz CT molecular complexity index is 1080. The van der Waals surface area contributed by atoms with Crippen LogP contribution in [0.1, 0.15) is 12.7 Å². The van der Waals surface area contributed by atoms with Gasteiger partial charge in [-0.3, -0.25) is 0 Å². The number of nitrogens with zero attached hydrogens (tertiary/aromatic N) is 5. The minimum Gasteiger partial charge on any atom is -0.323 e. The Morgan fingerprint density at radius 2 is 1.60 bits per heavy atom. The molecule has 0 aliphatic carbocycles. The van der Waals surface area contributed by atoms with E-state index in [1.54, 1.807) is 6.21 Å². The first kappa shape index (κ1) is 15.3. The summed E-state index contributed by atoms with van der Waals surface area (Å²) in [5.74, 6) is 1.50. The van der Waals surface area contributed by atoms with Gasteiger partial charge in [-0.2, -0.15) is 0 Å². The summed E-state index contributed by atoms with van der Waals surface area (Å²) in [5, 5.41) is 0. The standard InChI is InChI=1S/C20H19N5/c1-3-13-25-18-12-8-6-10-16(18)23-20(25)21-14-19-22-15-9-5-7-11-17(15)24(19)4-2/h3,5-12,14H,1,4,13H2,2H3/b21-14+. The third kappa shape index (κ3) is 2.63. The SMILES string of the molecule is C=CCn1c(/N=C/c2nc3ccccc3n2CC)nc2ccccc21. The predicted molar refractivity (Wildman–Crippen MR) is 103 cm³/mol. The molecular formula is C20H19N5. The molecular weight excluding hydrogens is 310 g/mol. The maximum Gasteiger partial charge on any atom is 0.230 e. The Hall–Kier alpha value is -3.21. The van der Waals surface area contributed by atoms with Gasteiger partial charge in [-0.1, -0.05) is 30.3 Å². The Morgan fingerprint density at radius 3 is 2.28 bits per heavy atom. The van der Waals surface area contributed by atoms with Crippen LogP contribution in [0.3, 0.4) is 0 Å². The molecule has 2 aromatic carbocycles. The smallest absolute Gasteiger partial charge is 0.230 e. The molecule has 0 fully saturated rings. The molecule has 2 heterocycles. The number of allylic oxidation sites excluding steroid dienone is 1. The highest BCUT2D eigenvalue weighted by atomic mass is 15.2. The van der Waals surface area contributed by atoms with Crippen molar-refractivity contribution in [1.29, 1.82) is 0 Å². The quantitative estimate of drug-likeness (QED) is 0.404. The summed E-state index contributed by atoms with van der Waals surface area (Å²) >= 11 is 0. The summed E-state index contributed by atoms with van der Waals surface area (Å²) in [6.45, 7) is 7.45. The number of aromatic nitrogens is 4. The van der Waals surface area contributed by atoms with E-state index in [1.807, 2.05) is 48.5 Å². The summed E-state index contributed by atoms with van der Waals surface area (Å²) in [6, 6.07) is 16.2. The van der Waals surface area contributed by atoms with Crippen LogP contribution >= 0.6 is 0 Å². The summed E-state index contributed by atoms with van der Waals surface area (Å²) in [5.41, 5.74) is 4.08. The van der Waals surface area contributed by atoms with Gasteiger partial charge in [0, 0.05) is 13.1 Å².